The zero-order valence-corrected chi connectivity index (χ0v) is 6.74. The zero-order valence-electron chi connectivity index (χ0n) is 5.15. The van der Waals surface area contributed by atoms with E-state index in [-0.39, 0.29) is 0 Å². The van der Waals surface area contributed by atoms with Crippen molar-refractivity contribution in [2.45, 2.75) is 24.1 Å². The fraction of sp³-hybridized carbons (Fsp3) is 0.667. The maximum absolute atomic E-state index is 3.57. The molecule has 0 spiro atoms. The smallest absolute Gasteiger partial charge is 0.114 e. The lowest BCUT2D eigenvalue weighted by Crippen LogP contribution is -2.02. The van der Waals surface area contributed by atoms with Gasteiger partial charge >= 0.3 is 0 Å². The van der Waals surface area contributed by atoms with Crippen LogP contribution in [0.5, 0.6) is 0 Å². The van der Waals surface area contributed by atoms with Crippen LogP contribution in [0.3, 0.4) is 0 Å². The van der Waals surface area contributed by atoms with Crippen LogP contribution < -0.4 is 0 Å². The Kier molecular flexibility index (Phi) is 2.18. The molecule has 0 amide bonds. The molecule has 0 aromatic heterocycles. The summed E-state index contributed by atoms with van der Waals surface area (Å²) in [5.41, 5.74) is 1.56. The average molecular weight is 173 g/mol. The SMILES string of the molecule is BC1=CCC(Br)CC1. The van der Waals surface area contributed by atoms with E-state index >= 15 is 0 Å². The van der Waals surface area contributed by atoms with Crippen molar-refractivity contribution in [3.63, 3.8) is 0 Å². The van der Waals surface area contributed by atoms with Crippen molar-refractivity contribution in [3.05, 3.63) is 11.5 Å². The summed E-state index contributed by atoms with van der Waals surface area (Å²) in [4.78, 5) is 0.756. The van der Waals surface area contributed by atoms with Gasteiger partial charge in [0.2, 0.25) is 0 Å². The van der Waals surface area contributed by atoms with Crippen LogP contribution in [0.1, 0.15) is 19.3 Å². The fourth-order valence-corrected chi connectivity index (χ4v) is 1.35. The normalized spacial score (nSPS) is 29.6. The monoisotopic (exact) mass is 172 g/mol. The molecule has 0 bridgehead atoms. The lowest BCUT2D eigenvalue weighted by atomic mass is 9.86. The number of halogens is 1. The molecule has 0 heterocycles. The minimum atomic E-state index is 0.756. The Morgan fingerprint density at radius 2 is 2.50 bits per heavy atom. The summed E-state index contributed by atoms with van der Waals surface area (Å²) in [6, 6.07) is 0. The van der Waals surface area contributed by atoms with Crippen molar-refractivity contribution in [1.29, 1.82) is 0 Å². The average Bonchev–Trinajstić information content (AvgIpc) is 1.77. The summed E-state index contributed by atoms with van der Waals surface area (Å²) < 4.78 is 0. The van der Waals surface area contributed by atoms with Crippen LogP contribution in [-0.2, 0) is 0 Å². The maximum Gasteiger partial charge on any atom is 0.133 e. The molecular formula is C6H10BBr. The lowest BCUT2D eigenvalue weighted by Gasteiger charge is -2.13. The molecule has 0 N–H and O–H groups in total. The Balaban J connectivity index is 2.42. The molecule has 2 heteroatoms. The van der Waals surface area contributed by atoms with Crippen LogP contribution in [0, 0.1) is 0 Å². The summed E-state index contributed by atoms with van der Waals surface area (Å²) in [6.07, 6.45) is 6.16. The van der Waals surface area contributed by atoms with Crippen LogP contribution in [0.2, 0.25) is 0 Å². The van der Waals surface area contributed by atoms with E-state index in [0.29, 0.717) is 0 Å². The van der Waals surface area contributed by atoms with Crippen molar-refractivity contribution >= 4 is 23.8 Å². The summed E-state index contributed by atoms with van der Waals surface area (Å²) in [6.45, 7) is 0. The third-order valence-corrected chi connectivity index (χ3v) is 2.41. The Morgan fingerprint density at radius 1 is 1.75 bits per heavy atom. The minimum absolute atomic E-state index is 0.756. The molecule has 0 radical (unpaired) electrons. The van der Waals surface area contributed by atoms with Gasteiger partial charge < -0.3 is 0 Å². The van der Waals surface area contributed by atoms with E-state index in [9.17, 15) is 0 Å². The number of hydrogen-bond acceptors (Lipinski definition) is 0. The van der Waals surface area contributed by atoms with Gasteiger partial charge in [-0.1, -0.05) is 22.0 Å². The summed E-state index contributed by atoms with van der Waals surface area (Å²) in [5.74, 6) is 0. The van der Waals surface area contributed by atoms with Gasteiger partial charge in [-0.3, -0.25) is 0 Å². The highest BCUT2D eigenvalue weighted by atomic mass is 79.9. The topological polar surface area (TPSA) is 0 Å². The highest BCUT2D eigenvalue weighted by Crippen LogP contribution is 2.21. The zero-order chi connectivity index (χ0) is 5.98. The van der Waals surface area contributed by atoms with Gasteiger partial charge in [-0.15, -0.1) is 5.47 Å². The molecule has 0 saturated heterocycles. The molecule has 1 aliphatic rings. The van der Waals surface area contributed by atoms with Gasteiger partial charge in [-0.05, 0) is 19.3 Å². The summed E-state index contributed by atoms with van der Waals surface area (Å²) in [7, 11) is 2.21. The van der Waals surface area contributed by atoms with Gasteiger partial charge in [0, 0.05) is 4.83 Å². The number of allylic oxidation sites excluding steroid dienone is 2. The van der Waals surface area contributed by atoms with Crippen LogP contribution in [-0.4, -0.2) is 12.7 Å². The molecule has 0 aromatic rings. The molecule has 1 rings (SSSR count). The third-order valence-electron chi connectivity index (χ3n) is 1.57. The molecule has 0 aromatic carbocycles. The van der Waals surface area contributed by atoms with Crippen LogP contribution in [0.25, 0.3) is 0 Å². The van der Waals surface area contributed by atoms with Crippen LogP contribution in [0.4, 0.5) is 0 Å². The Bertz CT molecular complexity index is 109. The highest BCUT2D eigenvalue weighted by Gasteiger charge is 2.06. The first-order valence-corrected chi connectivity index (χ1v) is 4.00. The first-order valence-electron chi connectivity index (χ1n) is 3.09. The Morgan fingerprint density at radius 3 is 2.88 bits per heavy atom. The van der Waals surface area contributed by atoms with Crippen molar-refractivity contribution < 1.29 is 0 Å². The first-order chi connectivity index (χ1) is 3.79. The van der Waals surface area contributed by atoms with Gasteiger partial charge in [-0.2, -0.15) is 0 Å². The van der Waals surface area contributed by atoms with Crippen LogP contribution in [0.15, 0.2) is 11.5 Å². The molecule has 0 aliphatic heterocycles. The van der Waals surface area contributed by atoms with Gasteiger partial charge in [0.25, 0.3) is 0 Å². The summed E-state index contributed by atoms with van der Waals surface area (Å²) in [5, 5.41) is 0. The van der Waals surface area contributed by atoms with E-state index < -0.39 is 0 Å². The van der Waals surface area contributed by atoms with Crippen LogP contribution >= 0.6 is 15.9 Å². The Labute approximate surface area is 59.9 Å². The quantitative estimate of drug-likeness (QED) is 0.384. The Hall–Kier alpha value is 0.285. The molecule has 0 saturated carbocycles. The second kappa shape index (κ2) is 2.72. The summed E-state index contributed by atoms with van der Waals surface area (Å²) >= 11 is 3.57. The first kappa shape index (κ1) is 6.41. The fourth-order valence-electron chi connectivity index (χ4n) is 0.933. The van der Waals surface area contributed by atoms with Gasteiger partial charge in [0.15, 0.2) is 0 Å². The molecule has 44 valence electrons. The van der Waals surface area contributed by atoms with Gasteiger partial charge in [-0.25, -0.2) is 0 Å². The number of rotatable bonds is 0. The van der Waals surface area contributed by atoms with Crippen molar-refractivity contribution in [3.8, 4) is 0 Å². The van der Waals surface area contributed by atoms with Gasteiger partial charge in [0.1, 0.15) is 7.85 Å². The second-order valence-corrected chi connectivity index (χ2v) is 3.72. The molecule has 8 heavy (non-hydrogen) atoms. The standard InChI is InChI=1S/C6H10BBr/c7-5-1-3-6(8)4-2-5/h1,6H,2-4,7H2. The predicted octanol–water partition coefficient (Wildman–Crippen LogP) is 1.45. The molecule has 0 nitrogen and oxygen atoms in total. The van der Waals surface area contributed by atoms with E-state index in [2.05, 4.69) is 29.9 Å². The second-order valence-electron chi connectivity index (χ2n) is 2.42. The van der Waals surface area contributed by atoms with E-state index in [4.69, 9.17) is 0 Å². The van der Waals surface area contributed by atoms with Crippen molar-refractivity contribution in [2.24, 2.45) is 0 Å². The predicted molar refractivity (Wildman–Crippen MR) is 43.2 cm³/mol. The molecule has 1 atom stereocenters. The minimum Gasteiger partial charge on any atom is -0.114 e. The van der Waals surface area contributed by atoms with E-state index in [1.165, 1.54) is 19.3 Å². The number of hydrogen-bond donors (Lipinski definition) is 0. The van der Waals surface area contributed by atoms with Crippen molar-refractivity contribution in [1.82, 2.24) is 0 Å². The largest absolute Gasteiger partial charge is 0.133 e. The molecule has 1 aliphatic carbocycles. The molecule has 1 unspecified atom stereocenters. The molecular weight excluding hydrogens is 163 g/mol. The van der Waals surface area contributed by atoms with E-state index in [1.807, 2.05) is 0 Å². The molecule has 0 fully saturated rings. The highest BCUT2D eigenvalue weighted by molar-refractivity contribution is 9.09. The van der Waals surface area contributed by atoms with E-state index in [1.54, 1.807) is 5.47 Å². The van der Waals surface area contributed by atoms with Crippen molar-refractivity contribution in [2.75, 3.05) is 0 Å². The van der Waals surface area contributed by atoms with E-state index in [0.717, 1.165) is 4.83 Å². The number of alkyl halides is 1. The van der Waals surface area contributed by atoms with Gasteiger partial charge in [0.05, 0.1) is 0 Å². The maximum atomic E-state index is 3.57. The lowest BCUT2D eigenvalue weighted by molar-refractivity contribution is 0.750. The third kappa shape index (κ3) is 1.66.